The van der Waals surface area contributed by atoms with Crippen LogP contribution in [0, 0.1) is 0 Å². The molecular weight excluding hydrogens is 384 g/mol. The summed E-state index contributed by atoms with van der Waals surface area (Å²) in [5, 5.41) is 3.57. The molecule has 7 heteroatoms. The molecule has 1 N–H and O–H groups in total. The van der Waals surface area contributed by atoms with Crippen LogP contribution in [0.2, 0.25) is 5.02 Å². The van der Waals surface area contributed by atoms with E-state index in [0.717, 1.165) is 10.4 Å². The number of anilines is 2. The lowest BCUT2D eigenvalue weighted by molar-refractivity contribution is 0.103. The molecule has 0 aliphatic carbocycles. The van der Waals surface area contributed by atoms with Crippen molar-refractivity contribution < 1.29 is 14.3 Å². The van der Waals surface area contributed by atoms with Gasteiger partial charge in [0.25, 0.3) is 5.91 Å². The number of rotatable bonds is 4. The number of halogens is 1. The first-order valence-electron chi connectivity index (χ1n) is 8.32. The highest BCUT2D eigenvalue weighted by Gasteiger charge is 2.26. The monoisotopic (exact) mass is 398 g/mol. The van der Waals surface area contributed by atoms with E-state index in [1.807, 2.05) is 42.5 Å². The van der Waals surface area contributed by atoms with Crippen LogP contribution in [0.4, 0.5) is 16.2 Å². The number of carbonyl (C=O) groups excluding carboxylic acids is 2. The summed E-state index contributed by atoms with van der Waals surface area (Å²) in [6, 6.07) is 18.4. The first-order chi connectivity index (χ1) is 13.1. The van der Waals surface area contributed by atoms with E-state index in [1.165, 1.54) is 16.2 Å². The second-order valence-electron chi connectivity index (χ2n) is 5.91. The zero-order chi connectivity index (χ0) is 18.8. The number of hydrogen-bond donors (Lipinski definition) is 1. The third-order valence-electron chi connectivity index (χ3n) is 4.16. The van der Waals surface area contributed by atoms with Crippen LogP contribution in [0.25, 0.3) is 10.4 Å². The molecule has 1 aromatic heterocycles. The van der Waals surface area contributed by atoms with Gasteiger partial charge in [0, 0.05) is 9.90 Å². The highest BCUT2D eigenvalue weighted by atomic mass is 35.5. The SMILES string of the molecule is O=C(Nc1ccccc1N1CCOC1=O)c1ccc(-c2ccc(Cl)cc2)s1. The van der Waals surface area contributed by atoms with Gasteiger partial charge in [-0.1, -0.05) is 35.9 Å². The first kappa shape index (κ1) is 17.6. The third kappa shape index (κ3) is 3.67. The molecule has 0 spiro atoms. The van der Waals surface area contributed by atoms with Crippen LogP contribution in [-0.4, -0.2) is 25.2 Å². The summed E-state index contributed by atoms with van der Waals surface area (Å²) in [5.41, 5.74) is 2.20. The Morgan fingerprint density at radius 3 is 2.59 bits per heavy atom. The smallest absolute Gasteiger partial charge is 0.414 e. The van der Waals surface area contributed by atoms with Crippen LogP contribution < -0.4 is 10.2 Å². The van der Waals surface area contributed by atoms with Gasteiger partial charge in [-0.3, -0.25) is 9.69 Å². The average molecular weight is 399 g/mol. The van der Waals surface area contributed by atoms with Crippen LogP contribution in [-0.2, 0) is 4.74 Å². The second-order valence-corrected chi connectivity index (χ2v) is 7.43. The maximum absolute atomic E-state index is 12.7. The van der Waals surface area contributed by atoms with Crippen molar-refractivity contribution in [3.63, 3.8) is 0 Å². The van der Waals surface area contributed by atoms with Crippen molar-refractivity contribution in [2.45, 2.75) is 0 Å². The van der Waals surface area contributed by atoms with Crippen LogP contribution in [0.5, 0.6) is 0 Å². The lowest BCUT2D eigenvalue weighted by Gasteiger charge is -2.17. The van der Waals surface area contributed by atoms with E-state index < -0.39 is 6.09 Å². The molecule has 2 heterocycles. The molecule has 2 amide bonds. The second kappa shape index (κ2) is 7.42. The van der Waals surface area contributed by atoms with Gasteiger partial charge >= 0.3 is 6.09 Å². The van der Waals surface area contributed by atoms with E-state index in [4.69, 9.17) is 16.3 Å². The Morgan fingerprint density at radius 1 is 1.07 bits per heavy atom. The maximum Gasteiger partial charge on any atom is 0.414 e. The molecule has 3 aromatic rings. The Balaban J connectivity index is 1.55. The number of cyclic esters (lactones) is 1. The van der Waals surface area contributed by atoms with Crippen molar-refractivity contribution in [2.24, 2.45) is 0 Å². The summed E-state index contributed by atoms with van der Waals surface area (Å²) >= 11 is 7.32. The van der Waals surface area contributed by atoms with Crippen LogP contribution in [0.1, 0.15) is 9.67 Å². The number of ether oxygens (including phenoxy) is 1. The number of nitrogens with zero attached hydrogens (tertiary/aromatic N) is 1. The minimum absolute atomic E-state index is 0.222. The van der Waals surface area contributed by atoms with E-state index in [2.05, 4.69) is 5.32 Å². The van der Waals surface area contributed by atoms with E-state index >= 15 is 0 Å². The Hall–Kier alpha value is -2.83. The zero-order valence-corrected chi connectivity index (χ0v) is 15.7. The number of thiophene rings is 1. The largest absolute Gasteiger partial charge is 0.447 e. The summed E-state index contributed by atoms with van der Waals surface area (Å²) in [5.74, 6) is -0.222. The third-order valence-corrected chi connectivity index (χ3v) is 5.55. The van der Waals surface area contributed by atoms with Gasteiger partial charge in [-0.15, -0.1) is 11.3 Å². The van der Waals surface area contributed by atoms with Crippen molar-refractivity contribution >= 4 is 46.3 Å². The molecule has 5 nitrogen and oxygen atoms in total. The van der Waals surface area contributed by atoms with Crippen molar-refractivity contribution in [1.29, 1.82) is 0 Å². The van der Waals surface area contributed by atoms with Crippen molar-refractivity contribution in [2.75, 3.05) is 23.4 Å². The Labute approximate surface area is 165 Å². The summed E-state index contributed by atoms with van der Waals surface area (Å²) in [7, 11) is 0. The summed E-state index contributed by atoms with van der Waals surface area (Å²) in [6.07, 6.45) is -0.405. The molecule has 27 heavy (non-hydrogen) atoms. The van der Waals surface area contributed by atoms with Gasteiger partial charge in [0.2, 0.25) is 0 Å². The zero-order valence-electron chi connectivity index (χ0n) is 14.1. The first-order valence-corrected chi connectivity index (χ1v) is 9.52. The number of nitrogens with one attached hydrogen (secondary N) is 1. The number of hydrogen-bond acceptors (Lipinski definition) is 4. The Bertz CT molecular complexity index is 1000. The Kier molecular flexibility index (Phi) is 4.83. The highest BCUT2D eigenvalue weighted by Crippen LogP contribution is 2.31. The van der Waals surface area contributed by atoms with Gasteiger partial charge in [-0.05, 0) is 42.0 Å². The number of para-hydroxylation sites is 2. The van der Waals surface area contributed by atoms with Crippen molar-refractivity contribution in [3.8, 4) is 10.4 Å². The topological polar surface area (TPSA) is 58.6 Å². The fourth-order valence-electron chi connectivity index (χ4n) is 2.84. The molecule has 0 saturated carbocycles. The molecule has 0 radical (unpaired) electrons. The normalized spacial score (nSPS) is 13.5. The lowest BCUT2D eigenvalue weighted by Crippen LogP contribution is -2.25. The number of benzene rings is 2. The van der Waals surface area contributed by atoms with Crippen LogP contribution in [0.15, 0.2) is 60.7 Å². The van der Waals surface area contributed by atoms with E-state index in [9.17, 15) is 9.59 Å². The molecule has 1 aliphatic rings. The summed E-state index contributed by atoms with van der Waals surface area (Å²) in [4.78, 5) is 27.6. The van der Waals surface area contributed by atoms with Gasteiger partial charge < -0.3 is 10.1 Å². The molecule has 2 aromatic carbocycles. The van der Waals surface area contributed by atoms with E-state index in [1.54, 1.807) is 18.2 Å². The van der Waals surface area contributed by atoms with Gasteiger partial charge in [-0.25, -0.2) is 4.79 Å². The maximum atomic E-state index is 12.7. The van der Waals surface area contributed by atoms with Crippen molar-refractivity contribution in [3.05, 3.63) is 70.6 Å². The van der Waals surface area contributed by atoms with E-state index in [0.29, 0.717) is 34.4 Å². The fourth-order valence-corrected chi connectivity index (χ4v) is 3.87. The molecule has 136 valence electrons. The molecule has 0 atom stereocenters. The van der Waals surface area contributed by atoms with E-state index in [-0.39, 0.29) is 5.91 Å². The molecule has 1 aliphatic heterocycles. The molecule has 0 bridgehead atoms. The summed E-state index contributed by atoms with van der Waals surface area (Å²) in [6.45, 7) is 0.807. The van der Waals surface area contributed by atoms with Gasteiger partial charge in [0.05, 0.1) is 22.8 Å². The van der Waals surface area contributed by atoms with Gasteiger partial charge in [0.1, 0.15) is 6.61 Å². The number of amides is 2. The highest BCUT2D eigenvalue weighted by molar-refractivity contribution is 7.17. The predicted octanol–water partition coefficient (Wildman–Crippen LogP) is 5.28. The van der Waals surface area contributed by atoms with Gasteiger partial charge in [0.15, 0.2) is 0 Å². The average Bonchev–Trinajstić information content (AvgIpc) is 3.32. The van der Waals surface area contributed by atoms with Crippen LogP contribution in [0.3, 0.4) is 0 Å². The van der Waals surface area contributed by atoms with Gasteiger partial charge in [-0.2, -0.15) is 0 Å². The quantitative estimate of drug-likeness (QED) is 0.650. The molecule has 1 saturated heterocycles. The molecular formula is C20H15ClN2O3S. The predicted molar refractivity (Wildman–Crippen MR) is 108 cm³/mol. The summed E-state index contributed by atoms with van der Waals surface area (Å²) < 4.78 is 4.99. The minimum Gasteiger partial charge on any atom is -0.447 e. The number of carbonyl (C=O) groups is 2. The standard InChI is InChI=1S/C20H15ClN2O3S/c21-14-7-5-13(6-8-14)17-9-10-18(27-17)19(24)22-15-3-1-2-4-16(15)23-11-12-26-20(23)25/h1-10H,11-12H2,(H,22,24). The molecule has 1 fully saturated rings. The lowest BCUT2D eigenvalue weighted by atomic mass is 10.2. The molecule has 4 rings (SSSR count). The van der Waals surface area contributed by atoms with Crippen molar-refractivity contribution in [1.82, 2.24) is 0 Å². The van der Waals surface area contributed by atoms with Crippen LogP contribution >= 0.6 is 22.9 Å². The minimum atomic E-state index is -0.405. The molecule has 0 unspecified atom stereocenters. The Morgan fingerprint density at radius 2 is 1.85 bits per heavy atom. The fraction of sp³-hybridized carbons (Fsp3) is 0.100.